The largest absolute Gasteiger partial charge is 0.462 e. The molecule has 2 aliphatic rings. The van der Waals surface area contributed by atoms with E-state index in [0.717, 1.165) is 77.6 Å². The summed E-state index contributed by atoms with van der Waals surface area (Å²) in [6.07, 6.45) is -2.94. The zero-order valence-electron chi connectivity index (χ0n) is 26.1. The summed E-state index contributed by atoms with van der Waals surface area (Å²) in [7, 11) is 0. The van der Waals surface area contributed by atoms with Crippen LogP contribution in [-0.2, 0) is 23.1 Å². The minimum absolute atomic E-state index is 0.233. The van der Waals surface area contributed by atoms with E-state index in [0.29, 0.717) is 23.0 Å². The van der Waals surface area contributed by atoms with Gasteiger partial charge in [-0.15, -0.1) is 0 Å². The molecule has 0 radical (unpaired) electrons. The van der Waals surface area contributed by atoms with Crippen LogP contribution in [-0.4, -0.2) is 35.7 Å². The van der Waals surface area contributed by atoms with Crippen molar-refractivity contribution in [1.29, 1.82) is 0 Å². The van der Waals surface area contributed by atoms with E-state index in [1.807, 2.05) is 54.6 Å². The number of ether oxygens (including phenoxy) is 1. The van der Waals surface area contributed by atoms with Gasteiger partial charge in [0, 0.05) is 19.6 Å². The first kappa shape index (κ1) is 31.2. The average molecular weight is 636 g/mol. The number of carbonyl (C=O) groups excluding carboxylic acids is 1. The molecule has 1 aliphatic carbocycles. The molecule has 47 heavy (non-hydrogen) atoms. The smallest absolute Gasteiger partial charge is 0.416 e. The Bertz CT molecular complexity index is 1890. The Morgan fingerprint density at radius 1 is 0.830 bits per heavy atom. The molecule has 240 valence electrons. The number of aliphatic hydroxyl groups is 1. The second-order valence-electron chi connectivity index (χ2n) is 13.0. The Morgan fingerprint density at radius 2 is 1.47 bits per heavy atom. The quantitative estimate of drug-likeness (QED) is 0.181. The van der Waals surface area contributed by atoms with Gasteiger partial charge in [-0.05, 0) is 106 Å². The lowest BCUT2D eigenvalue weighted by atomic mass is 9.88. The van der Waals surface area contributed by atoms with E-state index in [9.17, 15) is 23.1 Å². The first-order chi connectivity index (χ1) is 22.6. The van der Waals surface area contributed by atoms with Crippen molar-refractivity contribution in [3.63, 3.8) is 0 Å². The first-order valence-corrected chi connectivity index (χ1v) is 16.1. The number of carbonyl (C=O) groups is 1. The molecule has 1 heterocycles. The number of alkyl halides is 3. The minimum Gasteiger partial charge on any atom is -0.462 e. The van der Waals surface area contributed by atoms with Crippen LogP contribution >= 0.6 is 0 Å². The lowest BCUT2D eigenvalue weighted by Gasteiger charge is -2.27. The van der Waals surface area contributed by atoms with Crippen LogP contribution in [0.4, 0.5) is 13.2 Å². The number of rotatable bonds is 7. The molecule has 0 unspecified atom stereocenters. The fraction of sp³-hybridized carbons (Fsp3) is 0.275. The van der Waals surface area contributed by atoms with Gasteiger partial charge in [0.05, 0.1) is 23.3 Å². The van der Waals surface area contributed by atoms with E-state index in [4.69, 9.17) is 4.74 Å². The van der Waals surface area contributed by atoms with Crippen LogP contribution in [0.5, 0.6) is 0 Å². The van der Waals surface area contributed by atoms with Crippen molar-refractivity contribution in [2.45, 2.75) is 38.1 Å². The monoisotopic (exact) mass is 635 g/mol. The Morgan fingerprint density at radius 3 is 2.11 bits per heavy atom. The SMILES string of the molecule is CCOC(=O)c1cc(-c2ccc(C3(O)C[C@H]4CN(Cc5ccccc5)C[C@@H]4C3)cc2)c2ccc(-c3ccc(C(F)(F)F)cc3)cc2c1. The number of halogens is 3. The molecule has 0 aromatic heterocycles. The second-order valence-corrected chi connectivity index (χ2v) is 13.0. The molecule has 5 aromatic rings. The Labute approximate surface area is 272 Å². The predicted octanol–water partition coefficient (Wildman–Crippen LogP) is 9.10. The van der Waals surface area contributed by atoms with Crippen molar-refractivity contribution < 1.29 is 27.8 Å². The van der Waals surface area contributed by atoms with E-state index in [1.165, 1.54) is 17.7 Å². The van der Waals surface area contributed by atoms with Crippen molar-refractivity contribution >= 4 is 16.7 Å². The molecule has 0 bridgehead atoms. The average Bonchev–Trinajstić information content (AvgIpc) is 3.59. The van der Waals surface area contributed by atoms with Gasteiger partial charge in [0.2, 0.25) is 0 Å². The normalized spacial score (nSPS) is 19.2. The summed E-state index contributed by atoms with van der Waals surface area (Å²) in [5.74, 6) is 0.459. The maximum Gasteiger partial charge on any atom is 0.416 e. The number of benzene rings is 5. The Kier molecular flexibility index (Phi) is 8.14. The summed E-state index contributed by atoms with van der Waals surface area (Å²) in [6.45, 7) is 4.90. The van der Waals surface area contributed by atoms with Gasteiger partial charge in [-0.25, -0.2) is 4.79 Å². The van der Waals surface area contributed by atoms with E-state index in [1.54, 1.807) is 13.0 Å². The maximum absolute atomic E-state index is 13.1. The highest BCUT2D eigenvalue weighted by Gasteiger charge is 2.48. The van der Waals surface area contributed by atoms with Gasteiger partial charge in [-0.3, -0.25) is 4.90 Å². The third-order valence-electron chi connectivity index (χ3n) is 9.84. The van der Waals surface area contributed by atoms with E-state index < -0.39 is 23.3 Å². The number of fused-ring (bicyclic) bond motifs is 2. The number of esters is 1. The molecule has 7 rings (SSSR count). The van der Waals surface area contributed by atoms with E-state index >= 15 is 0 Å². The zero-order chi connectivity index (χ0) is 32.8. The minimum atomic E-state index is -4.41. The van der Waals surface area contributed by atoms with Crippen molar-refractivity contribution in [2.75, 3.05) is 19.7 Å². The summed E-state index contributed by atoms with van der Waals surface area (Å²) in [5.41, 5.74) is 4.14. The highest BCUT2D eigenvalue weighted by Crippen LogP contribution is 2.49. The molecular formula is C40H36F3NO3. The zero-order valence-corrected chi connectivity index (χ0v) is 26.1. The lowest BCUT2D eigenvalue weighted by molar-refractivity contribution is -0.137. The van der Waals surface area contributed by atoms with Crippen LogP contribution in [0.15, 0.2) is 109 Å². The van der Waals surface area contributed by atoms with Gasteiger partial charge in [0.1, 0.15) is 0 Å². The van der Waals surface area contributed by atoms with Crippen LogP contribution in [0.3, 0.4) is 0 Å². The molecule has 1 saturated heterocycles. The molecule has 7 heteroatoms. The lowest BCUT2D eigenvalue weighted by Crippen LogP contribution is -2.28. The summed E-state index contributed by atoms with van der Waals surface area (Å²) < 4.78 is 44.7. The summed E-state index contributed by atoms with van der Waals surface area (Å²) in [4.78, 5) is 15.4. The van der Waals surface area contributed by atoms with Crippen molar-refractivity contribution in [3.05, 3.63) is 131 Å². The summed E-state index contributed by atoms with van der Waals surface area (Å²) in [5, 5.41) is 13.5. The van der Waals surface area contributed by atoms with Gasteiger partial charge in [-0.1, -0.05) is 78.9 Å². The molecule has 1 aliphatic heterocycles. The maximum atomic E-state index is 13.1. The van der Waals surface area contributed by atoms with Crippen LogP contribution in [0.1, 0.15) is 46.8 Å². The molecule has 4 nitrogen and oxygen atoms in total. The third kappa shape index (κ3) is 6.30. The second kappa shape index (κ2) is 12.3. The summed E-state index contributed by atoms with van der Waals surface area (Å²) in [6, 6.07) is 32.9. The van der Waals surface area contributed by atoms with Crippen molar-refractivity contribution in [3.8, 4) is 22.3 Å². The molecule has 1 N–H and O–H groups in total. The highest BCUT2D eigenvalue weighted by atomic mass is 19.4. The van der Waals surface area contributed by atoms with Crippen LogP contribution in [0.25, 0.3) is 33.0 Å². The Balaban J connectivity index is 1.15. The molecule has 0 amide bonds. The Hall–Kier alpha value is -4.46. The molecule has 0 spiro atoms. The number of hydrogen-bond acceptors (Lipinski definition) is 4. The van der Waals surface area contributed by atoms with Gasteiger partial charge < -0.3 is 9.84 Å². The summed E-state index contributed by atoms with van der Waals surface area (Å²) >= 11 is 0. The first-order valence-electron chi connectivity index (χ1n) is 16.1. The predicted molar refractivity (Wildman–Crippen MR) is 178 cm³/mol. The number of likely N-dealkylation sites (tertiary alicyclic amines) is 1. The van der Waals surface area contributed by atoms with E-state index in [-0.39, 0.29) is 6.61 Å². The number of nitrogens with zero attached hydrogens (tertiary/aromatic N) is 1. The molecule has 1 saturated carbocycles. The van der Waals surface area contributed by atoms with Gasteiger partial charge >= 0.3 is 12.1 Å². The fourth-order valence-electron chi connectivity index (χ4n) is 7.59. The van der Waals surface area contributed by atoms with Gasteiger partial charge in [-0.2, -0.15) is 13.2 Å². The van der Waals surface area contributed by atoms with Crippen molar-refractivity contribution in [1.82, 2.24) is 4.90 Å². The molecule has 2 atom stereocenters. The van der Waals surface area contributed by atoms with Crippen LogP contribution in [0, 0.1) is 11.8 Å². The standard InChI is InChI=1S/C40H36F3NO3/c1-2-47-38(45)31-19-30-18-29(27-8-15-35(16-9-27)40(41,42)43)12-17-36(30)37(20-31)28-10-13-34(14-11-28)39(46)21-32-24-44(25-33(32)22-39)23-26-6-4-3-5-7-26/h3-20,32-33,46H,2,21-25H2,1H3/t32-,33-/m0/s1. The topological polar surface area (TPSA) is 49.8 Å². The van der Waals surface area contributed by atoms with Crippen LogP contribution in [0.2, 0.25) is 0 Å². The number of hydrogen-bond donors (Lipinski definition) is 1. The van der Waals surface area contributed by atoms with E-state index in [2.05, 4.69) is 29.2 Å². The van der Waals surface area contributed by atoms with Crippen LogP contribution < -0.4 is 0 Å². The van der Waals surface area contributed by atoms with Gasteiger partial charge in [0.25, 0.3) is 0 Å². The highest BCUT2D eigenvalue weighted by molar-refractivity contribution is 6.04. The van der Waals surface area contributed by atoms with Crippen molar-refractivity contribution in [2.24, 2.45) is 11.8 Å². The van der Waals surface area contributed by atoms with Gasteiger partial charge in [0.15, 0.2) is 0 Å². The fourth-order valence-corrected chi connectivity index (χ4v) is 7.59. The molecular weight excluding hydrogens is 599 g/mol. The third-order valence-corrected chi connectivity index (χ3v) is 9.84. The molecule has 5 aromatic carbocycles. The molecule has 2 fully saturated rings.